The number of piperazine rings is 1. The monoisotopic (exact) mass is 411 g/mol. The third kappa shape index (κ3) is 5.83. The molecule has 1 aromatic carbocycles. The number of halogens is 2. The van der Waals surface area contributed by atoms with Crippen LogP contribution in [0.3, 0.4) is 0 Å². The standard InChI is InChI=1S/C20H25N3O2.2ClH/c1-14-7-8-19(12-22-14)25-13-17-5-4-6-18(11-17)20(24)23-10-9-21-15(2)16(23)3;;/h4-8,11-12,15-16,21H,9-10,13H2,1-3H3;2*1H. The fourth-order valence-electron chi connectivity index (χ4n) is 3.01. The van der Waals surface area contributed by atoms with Crippen LogP contribution in [0.2, 0.25) is 0 Å². The number of nitrogens with zero attached hydrogens (tertiary/aromatic N) is 2. The van der Waals surface area contributed by atoms with Gasteiger partial charge in [-0.05, 0) is 50.6 Å². The van der Waals surface area contributed by atoms with Gasteiger partial charge in [-0.2, -0.15) is 0 Å². The number of ether oxygens (including phenoxy) is 1. The average Bonchev–Trinajstić information content (AvgIpc) is 2.63. The summed E-state index contributed by atoms with van der Waals surface area (Å²) < 4.78 is 5.77. The molecule has 27 heavy (non-hydrogen) atoms. The smallest absolute Gasteiger partial charge is 0.254 e. The van der Waals surface area contributed by atoms with Gasteiger partial charge in [0.1, 0.15) is 12.4 Å². The highest BCUT2D eigenvalue weighted by Crippen LogP contribution is 2.17. The third-order valence-electron chi connectivity index (χ3n) is 4.76. The van der Waals surface area contributed by atoms with E-state index in [-0.39, 0.29) is 36.8 Å². The summed E-state index contributed by atoms with van der Waals surface area (Å²) in [7, 11) is 0. The number of aromatic nitrogens is 1. The lowest BCUT2D eigenvalue weighted by Crippen LogP contribution is -2.57. The Balaban J connectivity index is 0.00000182. The number of carbonyl (C=O) groups is 1. The first-order valence-electron chi connectivity index (χ1n) is 8.73. The topological polar surface area (TPSA) is 54.5 Å². The lowest BCUT2D eigenvalue weighted by molar-refractivity contribution is 0.0603. The number of hydrogen-bond donors (Lipinski definition) is 1. The Bertz CT molecular complexity index is 740. The highest BCUT2D eigenvalue weighted by molar-refractivity contribution is 5.94. The molecule has 2 heterocycles. The van der Waals surface area contributed by atoms with Crippen molar-refractivity contribution in [3.8, 4) is 5.75 Å². The van der Waals surface area contributed by atoms with E-state index in [4.69, 9.17) is 4.74 Å². The first-order valence-corrected chi connectivity index (χ1v) is 8.73. The van der Waals surface area contributed by atoms with Gasteiger partial charge in [-0.3, -0.25) is 9.78 Å². The van der Waals surface area contributed by atoms with Crippen LogP contribution in [0.5, 0.6) is 5.75 Å². The number of carbonyl (C=O) groups excluding carboxylic acids is 1. The van der Waals surface area contributed by atoms with Gasteiger partial charge in [0.05, 0.1) is 6.20 Å². The van der Waals surface area contributed by atoms with Gasteiger partial charge in [-0.25, -0.2) is 0 Å². The van der Waals surface area contributed by atoms with Crippen molar-refractivity contribution in [1.82, 2.24) is 15.2 Å². The summed E-state index contributed by atoms with van der Waals surface area (Å²) in [5.41, 5.74) is 2.64. The van der Waals surface area contributed by atoms with Gasteiger partial charge in [0.25, 0.3) is 5.91 Å². The van der Waals surface area contributed by atoms with E-state index in [1.165, 1.54) is 0 Å². The molecular weight excluding hydrogens is 385 g/mol. The first kappa shape index (κ1) is 23.2. The molecule has 1 aromatic heterocycles. The predicted molar refractivity (Wildman–Crippen MR) is 112 cm³/mol. The molecule has 2 atom stereocenters. The van der Waals surface area contributed by atoms with Gasteiger partial charge in [-0.15, -0.1) is 24.8 Å². The van der Waals surface area contributed by atoms with E-state index in [2.05, 4.69) is 24.1 Å². The molecular formula is C20H27Cl2N3O2. The Morgan fingerprint density at radius 2 is 2.04 bits per heavy atom. The second kappa shape index (κ2) is 10.5. The van der Waals surface area contributed by atoms with Crippen LogP contribution in [-0.2, 0) is 6.61 Å². The predicted octanol–water partition coefficient (Wildman–Crippen LogP) is 3.64. The van der Waals surface area contributed by atoms with Crippen LogP contribution in [0.1, 0.15) is 35.5 Å². The molecule has 7 heteroatoms. The molecule has 1 aliphatic rings. The number of amides is 1. The summed E-state index contributed by atoms with van der Waals surface area (Å²) >= 11 is 0. The van der Waals surface area contributed by atoms with E-state index in [0.717, 1.165) is 30.1 Å². The van der Waals surface area contributed by atoms with Gasteiger partial charge >= 0.3 is 0 Å². The van der Waals surface area contributed by atoms with Crippen LogP contribution in [-0.4, -0.2) is 41.0 Å². The molecule has 0 radical (unpaired) electrons. The van der Waals surface area contributed by atoms with Crippen molar-refractivity contribution in [2.45, 2.75) is 39.5 Å². The van der Waals surface area contributed by atoms with Crippen LogP contribution in [0.25, 0.3) is 0 Å². The Labute approximate surface area is 173 Å². The second-order valence-electron chi connectivity index (χ2n) is 6.61. The molecule has 1 N–H and O–H groups in total. The molecule has 1 fully saturated rings. The SMILES string of the molecule is Cc1ccc(OCc2cccc(C(=O)N3CCNC(C)C3C)c2)cn1.Cl.Cl. The van der Waals surface area contributed by atoms with E-state index in [9.17, 15) is 4.79 Å². The summed E-state index contributed by atoms with van der Waals surface area (Å²) in [6.45, 7) is 8.13. The summed E-state index contributed by atoms with van der Waals surface area (Å²) in [6.07, 6.45) is 1.72. The molecule has 0 aliphatic carbocycles. The van der Waals surface area contributed by atoms with Crippen molar-refractivity contribution in [2.75, 3.05) is 13.1 Å². The van der Waals surface area contributed by atoms with Gasteiger partial charge in [0.15, 0.2) is 0 Å². The fourth-order valence-corrected chi connectivity index (χ4v) is 3.01. The average molecular weight is 412 g/mol. The zero-order valence-electron chi connectivity index (χ0n) is 15.8. The lowest BCUT2D eigenvalue weighted by Gasteiger charge is -2.38. The molecule has 3 rings (SSSR count). The summed E-state index contributed by atoms with van der Waals surface area (Å²) in [5.74, 6) is 0.812. The zero-order chi connectivity index (χ0) is 17.8. The van der Waals surface area contributed by atoms with Crippen LogP contribution < -0.4 is 10.1 Å². The number of benzene rings is 1. The number of hydrogen-bond acceptors (Lipinski definition) is 4. The summed E-state index contributed by atoms with van der Waals surface area (Å²) in [4.78, 5) is 19.0. The maximum Gasteiger partial charge on any atom is 0.254 e. The van der Waals surface area contributed by atoms with Gasteiger partial charge in [0, 0.05) is 36.4 Å². The number of aryl methyl sites for hydroxylation is 1. The molecule has 2 aromatic rings. The largest absolute Gasteiger partial charge is 0.487 e. The maximum atomic E-state index is 12.9. The van der Waals surface area contributed by atoms with Crippen LogP contribution in [0.4, 0.5) is 0 Å². The maximum absolute atomic E-state index is 12.9. The molecule has 5 nitrogen and oxygen atoms in total. The molecule has 1 aliphatic heterocycles. The highest BCUT2D eigenvalue weighted by Gasteiger charge is 2.28. The van der Waals surface area contributed by atoms with Crippen molar-refractivity contribution in [1.29, 1.82) is 0 Å². The molecule has 2 unspecified atom stereocenters. The van der Waals surface area contributed by atoms with E-state index in [1.54, 1.807) is 6.20 Å². The van der Waals surface area contributed by atoms with E-state index in [1.807, 2.05) is 48.2 Å². The van der Waals surface area contributed by atoms with Crippen LogP contribution in [0, 0.1) is 6.92 Å². The van der Waals surface area contributed by atoms with Crippen LogP contribution in [0.15, 0.2) is 42.6 Å². The van der Waals surface area contributed by atoms with Gasteiger partial charge in [0.2, 0.25) is 0 Å². The summed E-state index contributed by atoms with van der Waals surface area (Å²) in [5, 5.41) is 3.40. The molecule has 0 bridgehead atoms. The molecule has 1 saturated heterocycles. The molecule has 1 amide bonds. The molecule has 0 spiro atoms. The van der Waals surface area contributed by atoms with Crippen molar-refractivity contribution in [3.63, 3.8) is 0 Å². The van der Waals surface area contributed by atoms with E-state index in [0.29, 0.717) is 18.2 Å². The van der Waals surface area contributed by atoms with Crippen molar-refractivity contribution >= 4 is 30.7 Å². The zero-order valence-corrected chi connectivity index (χ0v) is 17.5. The van der Waals surface area contributed by atoms with Crippen molar-refractivity contribution in [3.05, 3.63) is 59.4 Å². The highest BCUT2D eigenvalue weighted by atomic mass is 35.5. The van der Waals surface area contributed by atoms with Crippen molar-refractivity contribution < 1.29 is 9.53 Å². The summed E-state index contributed by atoms with van der Waals surface area (Å²) in [6, 6.07) is 12.0. The molecule has 148 valence electrons. The lowest BCUT2D eigenvalue weighted by atomic mass is 10.0. The fraction of sp³-hybridized carbons (Fsp3) is 0.400. The van der Waals surface area contributed by atoms with E-state index >= 15 is 0 Å². The third-order valence-corrected chi connectivity index (χ3v) is 4.76. The van der Waals surface area contributed by atoms with E-state index < -0.39 is 0 Å². The van der Waals surface area contributed by atoms with Crippen molar-refractivity contribution in [2.24, 2.45) is 0 Å². The minimum Gasteiger partial charge on any atom is -0.487 e. The number of rotatable bonds is 4. The Hall–Kier alpha value is -1.82. The van der Waals surface area contributed by atoms with Crippen LogP contribution >= 0.6 is 24.8 Å². The second-order valence-corrected chi connectivity index (χ2v) is 6.61. The Morgan fingerprint density at radius 3 is 2.74 bits per heavy atom. The van der Waals surface area contributed by atoms with Gasteiger partial charge < -0.3 is 15.0 Å². The first-order chi connectivity index (χ1) is 12.0. The minimum atomic E-state index is 0. The number of nitrogens with one attached hydrogen (secondary N) is 1. The Kier molecular flexibility index (Phi) is 9.03. The van der Waals surface area contributed by atoms with Gasteiger partial charge in [-0.1, -0.05) is 12.1 Å². The minimum absolute atomic E-state index is 0. The quantitative estimate of drug-likeness (QED) is 0.833. The normalized spacial score (nSPS) is 18.9. The Morgan fingerprint density at radius 1 is 1.26 bits per heavy atom. The number of pyridine rings is 1. The molecule has 0 saturated carbocycles.